The van der Waals surface area contributed by atoms with Crippen LogP contribution in [0.3, 0.4) is 0 Å². The topological polar surface area (TPSA) is 12.0 Å². The quantitative estimate of drug-likeness (QED) is 0.714. The Hall–Kier alpha value is -0.0400. The average molecular weight is 223 g/mol. The van der Waals surface area contributed by atoms with Gasteiger partial charge in [0.1, 0.15) is 0 Å². The van der Waals surface area contributed by atoms with E-state index in [1.165, 1.54) is 51.5 Å². The Morgan fingerprint density at radius 1 is 0.938 bits per heavy atom. The summed E-state index contributed by atoms with van der Waals surface area (Å²) in [5.74, 6) is 3.12. The standard InChI is InChI=1S/C15H29N/c1-15(2,3)16-11-13-7-5-4-6-8-14(13)12-9-10-12/h12-14,16H,4-11H2,1-3H3. The summed E-state index contributed by atoms with van der Waals surface area (Å²) in [7, 11) is 0. The zero-order valence-corrected chi connectivity index (χ0v) is 11.4. The first-order chi connectivity index (χ1) is 7.56. The maximum atomic E-state index is 3.73. The lowest BCUT2D eigenvalue weighted by Gasteiger charge is -2.29. The molecule has 1 nitrogen and oxygen atoms in total. The fourth-order valence-corrected chi connectivity index (χ4v) is 3.25. The monoisotopic (exact) mass is 223 g/mol. The second-order valence-electron chi connectivity index (χ2n) is 7.03. The molecule has 2 atom stereocenters. The molecule has 0 aromatic heterocycles. The summed E-state index contributed by atoms with van der Waals surface area (Å²) in [6.07, 6.45) is 10.5. The van der Waals surface area contributed by atoms with Crippen molar-refractivity contribution in [2.75, 3.05) is 6.54 Å². The van der Waals surface area contributed by atoms with Gasteiger partial charge in [0, 0.05) is 5.54 Å². The van der Waals surface area contributed by atoms with Gasteiger partial charge in [0.05, 0.1) is 0 Å². The van der Waals surface area contributed by atoms with Crippen molar-refractivity contribution in [3.8, 4) is 0 Å². The van der Waals surface area contributed by atoms with Crippen molar-refractivity contribution < 1.29 is 0 Å². The van der Waals surface area contributed by atoms with Crippen molar-refractivity contribution in [1.29, 1.82) is 0 Å². The van der Waals surface area contributed by atoms with E-state index in [9.17, 15) is 0 Å². The Labute approximate surface area is 101 Å². The zero-order chi connectivity index (χ0) is 11.6. The molecule has 2 fully saturated rings. The molecule has 2 aliphatic carbocycles. The van der Waals surface area contributed by atoms with Gasteiger partial charge in [0.25, 0.3) is 0 Å². The summed E-state index contributed by atoms with van der Waals surface area (Å²) in [5, 5.41) is 3.73. The lowest BCUT2D eigenvalue weighted by atomic mass is 9.83. The molecule has 94 valence electrons. The van der Waals surface area contributed by atoms with E-state index < -0.39 is 0 Å². The van der Waals surface area contributed by atoms with Crippen molar-refractivity contribution in [1.82, 2.24) is 5.32 Å². The van der Waals surface area contributed by atoms with E-state index in [2.05, 4.69) is 26.1 Å². The summed E-state index contributed by atoms with van der Waals surface area (Å²) >= 11 is 0. The molecule has 2 unspecified atom stereocenters. The summed E-state index contributed by atoms with van der Waals surface area (Å²) in [4.78, 5) is 0. The van der Waals surface area contributed by atoms with Crippen LogP contribution in [0.4, 0.5) is 0 Å². The van der Waals surface area contributed by atoms with Gasteiger partial charge < -0.3 is 5.32 Å². The Morgan fingerprint density at radius 2 is 1.62 bits per heavy atom. The highest BCUT2D eigenvalue weighted by molar-refractivity contribution is 4.88. The highest BCUT2D eigenvalue weighted by atomic mass is 14.9. The van der Waals surface area contributed by atoms with Crippen LogP contribution < -0.4 is 5.32 Å². The van der Waals surface area contributed by atoms with Crippen LogP contribution in [0.5, 0.6) is 0 Å². The molecule has 0 saturated heterocycles. The molecule has 2 aliphatic rings. The lowest BCUT2D eigenvalue weighted by molar-refractivity contribution is 0.247. The zero-order valence-electron chi connectivity index (χ0n) is 11.4. The van der Waals surface area contributed by atoms with Crippen LogP contribution >= 0.6 is 0 Å². The van der Waals surface area contributed by atoms with Crippen LogP contribution in [0.25, 0.3) is 0 Å². The third-order valence-corrected chi connectivity index (χ3v) is 4.34. The van der Waals surface area contributed by atoms with E-state index in [1.807, 2.05) is 0 Å². The summed E-state index contributed by atoms with van der Waals surface area (Å²) < 4.78 is 0. The molecule has 0 aliphatic heterocycles. The van der Waals surface area contributed by atoms with Gasteiger partial charge in [-0.05, 0) is 70.8 Å². The van der Waals surface area contributed by atoms with Gasteiger partial charge in [0.2, 0.25) is 0 Å². The molecule has 2 rings (SSSR count). The Morgan fingerprint density at radius 3 is 2.25 bits per heavy atom. The third kappa shape index (κ3) is 3.76. The fourth-order valence-electron chi connectivity index (χ4n) is 3.25. The molecule has 0 aromatic carbocycles. The second-order valence-corrected chi connectivity index (χ2v) is 7.03. The first kappa shape index (κ1) is 12.4. The molecule has 2 saturated carbocycles. The van der Waals surface area contributed by atoms with Crippen LogP contribution in [0, 0.1) is 17.8 Å². The van der Waals surface area contributed by atoms with Crippen molar-refractivity contribution >= 4 is 0 Å². The van der Waals surface area contributed by atoms with E-state index >= 15 is 0 Å². The van der Waals surface area contributed by atoms with Crippen molar-refractivity contribution in [3.05, 3.63) is 0 Å². The lowest BCUT2D eigenvalue weighted by Crippen LogP contribution is -2.40. The van der Waals surface area contributed by atoms with Gasteiger partial charge in [-0.25, -0.2) is 0 Å². The smallest absolute Gasteiger partial charge is 0.00966 e. The first-order valence-corrected chi connectivity index (χ1v) is 7.31. The number of hydrogen-bond acceptors (Lipinski definition) is 1. The molecular formula is C15H29N. The normalized spacial score (nSPS) is 32.4. The van der Waals surface area contributed by atoms with Gasteiger partial charge in [-0.3, -0.25) is 0 Å². The molecule has 1 N–H and O–H groups in total. The van der Waals surface area contributed by atoms with Gasteiger partial charge in [-0.1, -0.05) is 19.3 Å². The summed E-state index contributed by atoms with van der Waals surface area (Å²) in [5.41, 5.74) is 0.292. The molecule has 0 spiro atoms. The molecule has 0 aromatic rings. The van der Waals surface area contributed by atoms with Crippen LogP contribution in [0.2, 0.25) is 0 Å². The SMILES string of the molecule is CC(C)(C)NCC1CCCCCC1C1CC1. The highest BCUT2D eigenvalue weighted by Gasteiger charge is 2.36. The predicted octanol–water partition coefficient (Wildman–Crippen LogP) is 3.98. The molecule has 1 heteroatoms. The van der Waals surface area contributed by atoms with E-state index in [0.29, 0.717) is 5.54 Å². The van der Waals surface area contributed by atoms with E-state index in [1.54, 1.807) is 0 Å². The van der Waals surface area contributed by atoms with Gasteiger partial charge >= 0.3 is 0 Å². The van der Waals surface area contributed by atoms with Crippen LogP contribution in [-0.2, 0) is 0 Å². The average Bonchev–Trinajstić information content (AvgIpc) is 3.00. The molecule has 0 heterocycles. The van der Waals surface area contributed by atoms with E-state index in [-0.39, 0.29) is 0 Å². The summed E-state index contributed by atoms with van der Waals surface area (Å²) in [6.45, 7) is 8.12. The molecule has 0 radical (unpaired) electrons. The van der Waals surface area contributed by atoms with Crippen molar-refractivity contribution in [2.24, 2.45) is 17.8 Å². The minimum absolute atomic E-state index is 0.292. The number of nitrogens with one attached hydrogen (secondary N) is 1. The second kappa shape index (κ2) is 5.08. The van der Waals surface area contributed by atoms with Crippen LogP contribution in [0.15, 0.2) is 0 Å². The van der Waals surface area contributed by atoms with E-state index in [4.69, 9.17) is 0 Å². The molecular weight excluding hydrogens is 194 g/mol. The van der Waals surface area contributed by atoms with Crippen LogP contribution in [0.1, 0.15) is 65.7 Å². The third-order valence-electron chi connectivity index (χ3n) is 4.34. The van der Waals surface area contributed by atoms with E-state index in [0.717, 1.165) is 17.8 Å². The Kier molecular flexibility index (Phi) is 3.94. The Balaban J connectivity index is 1.87. The van der Waals surface area contributed by atoms with Crippen molar-refractivity contribution in [3.63, 3.8) is 0 Å². The fraction of sp³-hybridized carbons (Fsp3) is 1.00. The minimum atomic E-state index is 0.292. The maximum Gasteiger partial charge on any atom is 0.00966 e. The first-order valence-electron chi connectivity index (χ1n) is 7.31. The van der Waals surface area contributed by atoms with Gasteiger partial charge in [-0.15, -0.1) is 0 Å². The highest BCUT2D eigenvalue weighted by Crippen LogP contribution is 2.45. The molecule has 0 bridgehead atoms. The van der Waals surface area contributed by atoms with Crippen LogP contribution in [-0.4, -0.2) is 12.1 Å². The largest absolute Gasteiger partial charge is 0.312 e. The van der Waals surface area contributed by atoms with Gasteiger partial charge in [-0.2, -0.15) is 0 Å². The molecule has 16 heavy (non-hydrogen) atoms. The molecule has 0 amide bonds. The predicted molar refractivity (Wildman–Crippen MR) is 70.5 cm³/mol. The summed E-state index contributed by atoms with van der Waals surface area (Å²) in [6, 6.07) is 0. The maximum absolute atomic E-state index is 3.73. The Bertz CT molecular complexity index is 212. The number of rotatable bonds is 3. The number of hydrogen-bond donors (Lipinski definition) is 1. The minimum Gasteiger partial charge on any atom is -0.312 e. The van der Waals surface area contributed by atoms with Crippen molar-refractivity contribution in [2.45, 2.75) is 71.3 Å². The van der Waals surface area contributed by atoms with Gasteiger partial charge in [0.15, 0.2) is 0 Å².